The lowest BCUT2D eigenvalue weighted by Crippen LogP contribution is -2.33. The van der Waals surface area contributed by atoms with E-state index in [9.17, 15) is 4.79 Å². The second-order valence-corrected chi connectivity index (χ2v) is 4.52. The van der Waals surface area contributed by atoms with Gasteiger partial charge in [-0.1, -0.05) is 19.8 Å². The van der Waals surface area contributed by atoms with Gasteiger partial charge in [-0.15, -0.1) is 0 Å². The Balaban J connectivity index is 2.14. The molecule has 1 rings (SSSR count). The van der Waals surface area contributed by atoms with Crippen molar-refractivity contribution >= 4 is 5.91 Å². The molecule has 3 nitrogen and oxygen atoms in total. The first-order chi connectivity index (χ1) is 7.24. The van der Waals surface area contributed by atoms with Crippen LogP contribution in [0.4, 0.5) is 0 Å². The van der Waals surface area contributed by atoms with E-state index in [1.165, 1.54) is 19.3 Å². The Morgan fingerprint density at radius 3 is 2.87 bits per heavy atom. The molecule has 1 amide bonds. The molecule has 0 aliphatic carbocycles. The number of nitrogens with one attached hydrogen (secondary N) is 1. The highest BCUT2D eigenvalue weighted by atomic mass is 16.2. The molecule has 15 heavy (non-hydrogen) atoms. The van der Waals surface area contributed by atoms with Gasteiger partial charge in [0.25, 0.3) is 0 Å². The summed E-state index contributed by atoms with van der Waals surface area (Å²) in [4.78, 5) is 13.7. The lowest BCUT2D eigenvalue weighted by Gasteiger charge is -2.19. The summed E-state index contributed by atoms with van der Waals surface area (Å²) < 4.78 is 0. The second kappa shape index (κ2) is 6.83. The first kappa shape index (κ1) is 12.5. The van der Waals surface area contributed by atoms with Crippen LogP contribution >= 0.6 is 0 Å². The van der Waals surface area contributed by atoms with Gasteiger partial charge in [0.1, 0.15) is 0 Å². The van der Waals surface area contributed by atoms with Gasteiger partial charge < -0.3 is 10.2 Å². The van der Waals surface area contributed by atoms with Crippen LogP contribution in [0.25, 0.3) is 0 Å². The Labute approximate surface area is 93.2 Å². The van der Waals surface area contributed by atoms with Crippen LogP contribution in [0.15, 0.2) is 0 Å². The van der Waals surface area contributed by atoms with Crippen molar-refractivity contribution in [1.82, 2.24) is 10.2 Å². The third kappa shape index (κ3) is 4.65. The molecule has 0 aromatic carbocycles. The molecular formula is C12H24N2O. The topological polar surface area (TPSA) is 32.3 Å². The van der Waals surface area contributed by atoms with E-state index in [1.807, 2.05) is 11.9 Å². The molecule has 3 heteroatoms. The fourth-order valence-electron chi connectivity index (χ4n) is 2.02. The number of carbonyl (C=O) groups is 1. The minimum Gasteiger partial charge on any atom is -0.346 e. The SMILES string of the molecule is CCCCCN(C)C(=O)CC1CCCN1. The quantitative estimate of drug-likeness (QED) is 0.681. The van der Waals surface area contributed by atoms with Gasteiger partial charge in [0.2, 0.25) is 5.91 Å². The monoisotopic (exact) mass is 212 g/mol. The average molecular weight is 212 g/mol. The standard InChI is InChI=1S/C12H24N2O/c1-3-4-5-9-14(2)12(15)10-11-7-6-8-13-11/h11,13H,3-10H2,1-2H3. The third-order valence-corrected chi connectivity index (χ3v) is 3.11. The van der Waals surface area contributed by atoms with E-state index >= 15 is 0 Å². The molecule has 1 heterocycles. The number of carbonyl (C=O) groups excluding carboxylic acids is 1. The Morgan fingerprint density at radius 2 is 2.27 bits per heavy atom. The zero-order chi connectivity index (χ0) is 11.1. The fourth-order valence-corrected chi connectivity index (χ4v) is 2.02. The molecule has 1 aliphatic heterocycles. The molecule has 0 bridgehead atoms. The van der Waals surface area contributed by atoms with Crippen molar-refractivity contribution in [2.75, 3.05) is 20.1 Å². The largest absolute Gasteiger partial charge is 0.346 e. The first-order valence-corrected chi connectivity index (χ1v) is 6.21. The Hall–Kier alpha value is -0.570. The molecule has 1 saturated heterocycles. The van der Waals surface area contributed by atoms with Gasteiger partial charge in [-0.05, 0) is 25.8 Å². The summed E-state index contributed by atoms with van der Waals surface area (Å²) in [7, 11) is 1.92. The normalized spacial score (nSPS) is 20.5. The number of amides is 1. The van der Waals surface area contributed by atoms with Crippen LogP contribution in [0, 0.1) is 0 Å². The van der Waals surface area contributed by atoms with Crippen molar-refractivity contribution < 1.29 is 4.79 Å². The van der Waals surface area contributed by atoms with Gasteiger partial charge in [-0.25, -0.2) is 0 Å². The van der Waals surface area contributed by atoms with Gasteiger partial charge in [0.15, 0.2) is 0 Å². The van der Waals surface area contributed by atoms with E-state index in [0.717, 1.165) is 25.9 Å². The zero-order valence-corrected chi connectivity index (χ0v) is 10.1. The van der Waals surface area contributed by atoms with E-state index in [2.05, 4.69) is 12.2 Å². The van der Waals surface area contributed by atoms with Crippen molar-refractivity contribution in [3.05, 3.63) is 0 Å². The zero-order valence-electron chi connectivity index (χ0n) is 10.1. The van der Waals surface area contributed by atoms with Crippen LogP contribution in [0.1, 0.15) is 45.4 Å². The lowest BCUT2D eigenvalue weighted by atomic mass is 10.1. The van der Waals surface area contributed by atoms with Crippen LogP contribution in [0.2, 0.25) is 0 Å². The molecule has 0 radical (unpaired) electrons. The van der Waals surface area contributed by atoms with Crippen molar-refractivity contribution in [1.29, 1.82) is 0 Å². The minimum atomic E-state index is 0.297. The Morgan fingerprint density at radius 1 is 1.47 bits per heavy atom. The van der Waals surface area contributed by atoms with Gasteiger partial charge in [-0.2, -0.15) is 0 Å². The van der Waals surface area contributed by atoms with Gasteiger partial charge in [0, 0.05) is 26.1 Å². The molecule has 0 aromatic rings. The van der Waals surface area contributed by atoms with Crippen molar-refractivity contribution in [2.45, 2.75) is 51.5 Å². The summed E-state index contributed by atoms with van der Waals surface area (Å²) >= 11 is 0. The van der Waals surface area contributed by atoms with E-state index < -0.39 is 0 Å². The van der Waals surface area contributed by atoms with Gasteiger partial charge in [-0.3, -0.25) is 4.79 Å². The van der Waals surface area contributed by atoms with Crippen LogP contribution in [-0.2, 0) is 4.79 Å². The molecule has 1 unspecified atom stereocenters. The summed E-state index contributed by atoms with van der Waals surface area (Å²) in [6, 6.07) is 0.436. The van der Waals surface area contributed by atoms with Crippen LogP contribution < -0.4 is 5.32 Å². The molecule has 1 aliphatic rings. The van der Waals surface area contributed by atoms with Crippen LogP contribution in [0.5, 0.6) is 0 Å². The van der Waals surface area contributed by atoms with Gasteiger partial charge >= 0.3 is 0 Å². The maximum Gasteiger partial charge on any atom is 0.223 e. The first-order valence-electron chi connectivity index (χ1n) is 6.21. The summed E-state index contributed by atoms with van der Waals surface area (Å²) in [6.07, 6.45) is 6.64. The lowest BCUT2D eigenvalue weighted by molar-refractivity contribution is -0.130. The number of rotatable bonds is 6. The fraction of sp³-hybridized carbons (Fsp3) is 0.917. The summed E-state index contributed by atoms with van der Waals surface area (Å²) in [5.41, 5.74) is 0. The highest BCUT2D eigenvalue weighted by Crippen LogP contribution is 2.10. The van der Waals surface area contributed by atoms with Gasteiger partial charge in [0.05, 0.1) is 0 Å². The summed E-state index contributed by atoms with van der Waals surface area (Å²) in [6.45, 7) is 4.18. The molecule has 1 fully saturated rings. The molecule has 1 atom stereocenters. The van der Waals surface area contributed by atoms with Crippen molar-refractivity contribution in [2.24, 2.45) is 0 Å². The molecule has 88 valence electrons. The molecule has 0 saturated carbocycles. The van der Waals surface area contributed by atoms with Crippen molar-refractivity contribution in [3.63, 3.8) is 0 Å². The molecular weight excluding hydrogens is 188 g/mol. The number of hydrogen-bond acceptors (Lipinski definition) is 2. The number of nitrogens with zero attached hydrogens (tertiary/aromatic N) is 1. The Bertz CT molecular complexity index is 188. The maximum atomic E-state index is 11.8. The minimum absolute atomic E-state index is 0.297. The molecule has 1 N–H and O–H groups in total. The Kier molecular flexibility index (Phi) is 5.69. The summed E-state index contributed by atoms with van der Waals surface area (Å²) in [5, 5.41) is 3.36. The number of unbranched alkanes of at least 4 members (excludes halogenated alkanes) is 2. The third-order valence-electron chi connectivity index (χ3n) is 3.11. The highest BCUT2D eigenvalue weighted by Gasteiger charge is 2.19. The van der Waals surface area contributed by atoms with Crippen LogP contribution in [-0.4, -0.2) is 37.0 Å². The molecule has 0 spiro atoms. The number of hydrogen-bond donors (Lipinski definition) is 1. The predicted molar refractivity (Wildman–Crippen MR) is 62.8 cm³/mol. The van der Waals surface area contributed by atoms with E-state index in [0.29, 0.717) is 18.4 Å². The summed E-state index contributed by atoms with van der Waals surface area (Å²) in [5.74, 6) is 0.297. The average Bonchev–Trinajstić information content (AvgIpc) is 2.70. The molecule has 0 aromatic heterocycles. The van der Waals surface area contributed by atoms with E-state index in [4.69, 9.17) is 0 Å². The maximum absolute atomic E-state index is 11.8. The van der Waals surface area contributed by atoms with E-state index in [1.54, 1.807) is 0 Å². The smallest absolute Gasteiger partial charge is 0.223 e. The highest BCUT2D eigenvalue weighted by molar-refractivity contribution is 5.76. The predicted octanol–water partition coefficient (Wildman–Crippen LogP) is 1.78. The van der Waals surface area contributed by atoms with E-state index in [-0.39, 0.29) is 0 Å². The van der Waals surface area contributed by atoms with Crippen LogP contribution in [0.3, 0.4) is 0 Å². The second-order valence-electron chi connectivity index (χ2n) is 4.52. The van der Waals surface area contributed by atoms with Crippen molar-refractivity contribution in [3.8, 4) is 0 Å².